The van der Waals surface area contributed by atoms with Gasteiger partial charge in [0.25, 0.3) is 5.91 Å². The van der Waals surface area contributed by atoms with E-state index in [1.807, 2.05) is 97.1 Å². The third-order valence-corrected chi connectivity index (χ3v) is 6.49. The van der Waals surface area contributed by atoms with Gasteiger partial charge in [-0.2, -0.15) is 0 Å². The van der Waals surface area contributed by atoms with Crippen molar-refractivity contribution in [3.05, 3.63) is 143 Å². The number of carbonyl (C=O) groups excluding carboxylic acids is 1. The van der Waals surface area contributed by atoms with Gasteiger partial charge in [-0.3, -0.25) is 9.69 Å². The van der Waals surface area contributed by atoms with Crippen molar-refractivity contribution in [2.75, 3.05) is 6.61 Å². The lowest BCUT2D eigenvalue weighted by molar-refractivity contribution is -0.187. The van der Waals surface area contributed by atoms with E-state index < -0.39 is 24.5 Å². The van der Waals surface area contributed by atoms with Crippen LogP contribution in [0.25, 0.3) is 0 Å². The highest BCUT2D eigenvalue weighted by Crippen LogP contribution is 2.47. The topological polar surface area (TPSA) is 70.0 Å². The van der Waals surface area contributed by atoms with Crippen LogP contribution in [0.5, 0.6) is 0 Å². The van der Waals surface area contributed by atoms with Gasteiger partial charge in [0.15, 0.2) is 5.72 Å². The molecule has 1 unspecified atom stereocenters. The van der Waals surface area contributed by atoms with E-state index in [4.69, 9.17) is 4.74 Å². The highest BCUT2D eigenvalue weighted by molar-refractivity contribution is 6.00. The molecule has 1 aliphatic heterocycles. The molecule has 0 aromatic heterocycles. The molecule has 0 saturated heterocycles. The molecule has 5 rings (SSSR count). The first-order valence-corrected chi connectivity index (χ1v) is 11.7. The maximum Gasteiger partial charge on any atom is 0.257 e. The zero-order chi connectivity index (χ0) is 24.3. The summed E-state index contributed by atoms with van der Waals surface area (Å²) in [5, 5.41) is 21.6. The molecule has 1 aliphatic rings. The molecule has 1 heterocycles. The summed E-state index contributed by atoms with van der Waals surface area (Å²) in [5.74, 6) is -0.167. The molecule has 35 heavy (non-hydrogen) atoms. The SMILES string of the molecule is O=C1c2ccccc2C(O[C@@H](CO)[C@@H](O)c2ccccc2)(c2ccccc2)N1Cc1ccccc1. The van der Waals surface area contributed by atoms with Crippen molar-refractivity contribution >= 4 is 5.91 Å². The summed E-state index contributed by atoms with van der Waals surface area (Å²) in [7, 11) is 0. The van der Waals surface area contributed by atoms with E-state index in [1.165, 1.54) is 0 Å². The van der Waals surface area contributed by atoms with Crippen LogP contribution in [0.2, 0.25) is 0 Å². The van der Waals surface area contributed by atoms with Crippen LogP contribution >= 0.6 is 0 Å². The van der Waals surface area contributed by atoms with Gasteiger partial charge in [-0.15, -0.1) is 0 Å². The number of hydrogen-bond donors (Lipinski definition) is 2. The molecule has 5 nitrogen and oxygen atoms in total. The van der Waals surface area contributed by atoms with E-state index in [0.29, 0.717) is 23.2 Å². The van der Waals surface area contributed by atoms with Crippen LogP contribution in [-0.2, 0) is 17.0 Å². The average Bonchev–Trinajstić information content (AvgIpc) is 3.16. The minimum atomic E-state index is -1.34. The van der Waals surface area contributed by atoms with Crippen LogP contribution in [-0.4, -0.2) is 33.7 Å². The second kappa shape index (κ2) is 9.84. The van der Waals surface area contributed by atoms with Gasteiger partial charge in [0.2, 0.25) is 0 Å². The van der Waals surface area contributed by atoms with Crippen molar-refractivity contribution in [3.8, 4) is 0 Å². The second-order valence-corrected chi connectivity index (χ2v) is 8.63. The Morgan fingerprint density at radius 2 is 1.34 bits per heavy atom. The van der Waals surface area contributed by atoms with Gasteiger partial charge in [-0.05, 0) is 17.2 Å². The lowest BCUT2D eigenvalue weighted by Gasteiger charge is -2.42. The Morgan fingerprint density at radius 3 is 2.00 bits per heavy atom. The van der Waals surface area contributed by atoms with E-state index in [0.717, 1.165) is 11.1 Å². The molecule has 1 amide bonds. The lowest BCUT2D eigenvalue weighted by Crippen LogP contribution is -2.50. The van der Waals surface area contributed by atoms with Gasteiger partial charge in [-0.1, -0.05) is 109 Å². The highest BCUT2D eigenvalue weighted by Gasteiger charge is 2.53. The number of nitrogens with zero attached hydrogens (tertiary/aromatic N) is 1. The fourth-order valence-corrected chi connectivity index (χ4v) is 4.80. The number of ether oxygens (including phenoxy) is 1. The molecule has 176 valence electrons. The third kappa shape index (κ3) is 4.15. The number of carbonyl (C=O) groups is 1. The molecule has 0 spiro atoms. The molecular weight excluding hydrogens is 438 g/mol. The van der Waals surface area contributed by atoms with Gasteiger partial charge >= 0.3 is 0 Å². The fraction of sp³-hybridized carbons (Fsp3) is 0.167. The van der Waals surface area contributed by atoms with Gasteiger partial charge in [0.1, 0.15) is 12.2 Å². The first kappa shape index (κ1) is 23.0. The summed E-state index contributed by atoms with van der Waals surface area (Å²) in [4.78, 5) is 15.5. The Balaban J connectivity index is 1.67. The molecule has 2 N–H and O–H groups in total. The zero-order valence-corrected chi connectivity index (χ0v) is 19.2. The Kier molecular flexibility index (Phi) is 6.47. The summed E-state index contributed by atoms with van der Waals surface area (Å²) in [6.07, 6.45) is -2.09. The van der Waals surface area contributed by atoms with E-state index in [-0.39, 0.29) is 5.91 Å². The molecular formula is C30H27NO4. The minimum absolute atomic E-state index is 0.167. The maximum absolute atomic E-state index is 13.8. The summed E-state index contributed by atoms with van der Waals surface area (Å²) >= 11 is 0. The summed E-state index contributed by atoms with van der Waals surface area (Å²) in [6.45, 7) is -0.136. The highest BCUT2D eigenvalue weighted by atomic mass is 16.5. The fourth-order valence-electron chi connectivity index (χ4n) is 4.80. The van der Waals surface area contributed by atoms with Gasteiger partial charge < -0.3 is 14.9 Å². The molecule has 0 bridgehead atoms. The first-order chi connectivity index (χ1) is 17.1. The van der Waals surface area contributed by atoms with Crippen LogP contribution in [0.15, 0.2) is 115 Å². The maximum atomic E-state index is 13.8. The van der Waals surface area contributed by atoms with Gasteiger partial charge in [-0.25, -0.2) is 0 Å². The molecule has 4 aromatic rings. The van der Waals surface area contributed by atoms with Gasteiger partial charge in [0.05, 0.1) is 6.61 Å². The second-order valence-electron chi connectivity index (χ2n) is 8.63. The number of benzene rings is 4. The van der Waals surface area contributed by atoms with Crippen LogP contribution in [0.4, 0.5) is 0 Å². The Bertz CT molecular complexity index is 1280. The minimum Gasteiger partial charge on any atom is -0.394 e. The quantitative estimate of drug-likeness (QED) is 0.397. The van der Waals surface area contributed by atoms with Crippen LogP contribution in [0.1, 0.15) is 38.7 Å². The number of rotatable bonds is 8. The molecule has 3 atom stereocenters. The smallest absolute Gasteiger partial charge is 0.257 e. The standard InChI is InChI=1S/C30H27NO4/c32-21-27(28(33)23-14-6-2-7-15-23)35-30(24-16-8-3-9-17-24)26-19-11-10-18-25(26)29(34)31(30)20-22-12-4-1-5-13-22/h1-19,27-28,32-33H,20-21H2/t27-,28-,30?/m0/s1. The summed E-state index contributed by atoms with van der Waals surface area (Å²) in [5.41, 5.74) is 2.20. The van der Waals surface area contributed by atoms with Crippen molar-refractivity contribution in [1.29, 1.82) is 0 Å². The van der Waals surface area contributed by atoms with Crippen LogP contribution in [0.3, 0.4) is 0 Å². The number of aliphatic hydroxyl groups is 2. The van der Waals surface area contributed by atoms with Crippen molar-refractivity contribution in [1.82, 2.24) is 4.90 Å². The van der Waals surface area contributed by atoms with Crippen molar-refractivity contribution in [3.63, 3.8) is 0 Å². The van der Waals surface area contributed by atoms with Crippen molar-refractivity contribution in [2.24, 2.45) is 0 Å². The van der Waals surface area contributed by atoms with E-state index in [9.17, 15) is 15.0 Å². The largest absolute Gasteiger partial charge is 0.394 e. The van der Waals surface area contributed by atoms with Crippen molar-refractivity contribution < 1.29 is 19.7 Å². The lowest BCUT2D eigenvalue weighted by atomic mass is 9.92. The molecule has 0 radical (unpaired) electrons. The van der Waals surface area contributed by atoms with Crippen molar-refractivity contribution in [2.45, 2.75) is 24.5 Å². The number of hydrogen-bond acceptors (Lipinski definition) is 4. The Morgan fingerprint density at radius 1 is 0.771 bits per heavy atom. The first-order valence-electron chi connectivity index (χ1n) is 11.7. The predicted octanol–water partition coefficient (Wildman–Crippen LogP) is 4.65. The summed E-state index contributed by atoms with van der Waals surface area (Å²) in [6, 6.07) is 35.8. The normalized spacial score (nSPS) is 18.8. The summed E-state index contributed by atoms with van der Waals surface area (Å²) < 4.78 is 6.74. The number of aliphatic hydroxyl groups excluding tert-OH is 2. The van der Waals surface area contributed by atoms with Crippen LogP contribution < -0.4 is 0 Å². The molecule has 5 heteroatoms. The Labute approximate surface area is 204 Å². The molecule has 0 aliphatic carbocycles. The average molecular weight is 466 g/mol. The van der Waals surface area contributed by atoms with E-state index in [1.54, 1.807) is 23.1 Å². The van der Waals surface area contributed by atoms with E-state index >= 15 is 0 Å². The predicted molar refractivity (Wildman–Crippen MR) is 133 cm³/mol. The molecule has 0 fully saturated rings. The Hall–Kier alpha value is -3.77. The molecule has 0 saturated carbocycles. The number of amides is 1. The monoisotopic (exact) mass is 465 g/mol. The number of fused-ring (bicyclic) bond motifs is 1. The van der Waals surface area contributed by atoms with Crippen LogP contribution in [0, 0.1) is 0 Å². The van der Waals surface area contributed by atoms with E-state index in [2.05, 4.69) is 0 Å². The zero-order valence-electron chi connectivity index (χ0n) is 19.2. The van der Waals surface area contributed by atoms with Gasteiger partial charge in [0, 0.05) is 23.2 Å². The third-order valence-electron chi connectivity index (χ3n) is 6.49. The molecule has 4 aromatic carbocycles.